The Hall–Kier alpha value is -0.410. The monoisotopic (exact) mass is 703 g/mol. The van der Waals surface area contributed by atoms with Gasteiger partial charge in [-0.25, -0.2) is 0 Å². The summed E-state index contributed by atoms with van der Waals surface area (Å²) in [6, 6.07) is 11.9. The molecule has 3 aromatic rings. The number of carbonyl (C=O) groups is 1. The number of aryl methyl sites for hydroxylation is 1. The van der Waals surface area contributed by atoms with E-state index >= 15 is 0 Å². The number of carbonyl (C=O) groups excluding carboxylic acids is 1. The lowest BCUT2D eigenvalue weighted by atomic mass is 10.1. The molecular weight excluding hydrogens is 691 g/mol. The minimum atomic E-state index is -0.109. The van der Waals surface area contributed by atoms with Gasteiger partial charge in [0.15, 0.2) is 0 Å². The van der Waals surface area contributed by atoms with Crippen LogP contribution in [0.15, 0.2) is 46.0 Å². The number of nitrogens with one attached hydrogen (secondary N) is 1. The summed E-state index contributed by atoms with van der Waals surface area (Å²) < 4.78 is 8.83. The van der Waals surface area contributed by atoms with Gasteiger partial charge in [-0.2, -0.15) is 0 Å². The van der Waals surface area contributed by atoms with Gasteiger partial charge in [0, 0.05) is 16.3 Å². The highest BCUT2D eigenvalue weighted by atomic mass is 127. The Balaban J connectivity index is 1.63. The van der Waals surface area contributed by atoms with Gasteiger partial charge in [0.25, 0.3) is 5.22 Å². The van der Waals surface area contributed by atoms with E-state index in [9.17, 15) is 4.79 Å². The first-order valence-corrected chi connectivity index (χ1v) is 11.6. The molecule has 2 aromatic carbocycles. The quantitative estimate of drug-likeness (QED) is 0.278. The molecule has 0 spiro atoms. The Morgan fingerprint density at radius 3 is 2.54 bits per heavy atom. The first kappa shape index (κ1) is 20.3. The third-order valence-corrected chi connectivity index (χ3v) is 6.52. The van der Waals surface area contributed by atoms with Crippen LogP contribution < -0.4 is 5.32 Å². The lowest BCUT2D eigenvalue weighted by molar-refractivity contribution is -0.113. The van der Waals surface area contributed by atoms with Gasteiger partial charge >= 0.3 is 0 Å². The molecule has 0 unspecified atom stereocenters. The van der Waals surface area contributed by atoms with Crippen LogP contribution >= 0.6 is 79.5 Å². The van der Waals surface area contributed by atoms with Crippen LogP contribution in [0.5, 0.6) is 0 Å². The minimum absolute atomic E-state index is 0.109. The van der Waals surface area contributed by atoms with Crippen molar-refractivity contribution in [2.24, 2.45) is 0 Å². The highest BCUT2D eigenvalue weighted by molar-refractivity contribution is 14.1. The number of halogens is 3. The number of nitrogens with zero attached hydrogens (tertiary/aromatic N) is 2. The standard InChI is InChI=1S/C17H12I3N3O2S/c1-9-4-2-3-5-11(9)16-22-23-17(25-16)26-8-14(24)21-15-12(19)6-10(18)7-13(15)20/h2-7H,8H2,1H3,(H,21,24). The smallest absolute Gasteiger partial charge is 0.277 e. The molecule has 1 amide bonds. The summed E-state index contributed by atoms with van der Waals surface area (Å²) in [5.41, 5.74) is 2.80. The maximum Gasteiger partial charge on any atom is 0.277 e. The summed E-state index contributed by atoms with van der Waals surface area (Å²) in [6.45, 7) is 1.99. The van der Waals surface area contributed by atoms with Gasteiger partial charge in [-0.15, -0.1) is 10.2 Å². The fraction of sp³-hybridized carbons (Fsp3) is 0.118. The molecule has 0 atom stereocenters. The van der Waals surface area contributed by atoms with Crippen LogP contribution in [0, 0.1) is 17.6 Å². The van der Waals surface area contributed by atoms with E-state index < -0.39 is 0 Å². The van der Waals surface area contributed by atoms with Crippen LogP contribution in [0.2, 0.25) is 0 Å². The van der Waals surface area contributed by atoms with Crippen molar-refractivity contribution in [2.75, 3.05) is 11.1 Å². The largest absolute Gasteiger partial charge is 0.411 e. The number of hydrogen-bond donors (Lipinski definition) is 1. The van der Waals surface area contributed by atoms with Crippen LogP contribution in [0.4, 0.5) is 5.69 Å². The number of aromatic nitrogens is 2. The average molecular weight is 703 g/mol. The summed E-state index contributed by atoms with van der Waals surface area (Å²) in [6.07, 6.45) is 0. The zero-order valence-electron chi connectivity index (χ0n) is 13.4. The van der Waals surface area contributed by atoms with Gasteiger partial charge in [-0.05, 0) is 98.5 Å². The summed E-state index contributed by atoms with van der Waals surface area (Å²) in [4.78, 5) is 12.3. The molecule has 0 aliphatic heterocycles. The normalized spacial score (nSPS) is 10.8. The molecule has 134 valence electrons. The average Bonchev–Trinajstić information content (AvgIpc) is 3.05. The van der Waals surface area contributed by atoms with Crippen molar-refractivity contribution in [2.45, 2.75) is 12.1 Å². The number of benzene rings is 2. The van der Waals surface area contributed by atoms with Gasteiger partial charge in [-0.1, -0.05) is 30.0 Å². The predicted octanol–water partition coefficient (Wildman–Crippen LogP) is 5.59. The summed E-state index contributed by atoms with van der Waals surface area (Å²) in [5, 5.41) is 11.4. The first-order valence-electron chi connectivity index (χ1n) is 7.40. The molecule has 0 saturated carbocycles. The topological polar surface area (TPSA) is 68.0 Å². The summed E-state index contributed by atoms with van der Waals surface area (Å²) in [5.74, 6) is 0.559. The third kappa shape index (κ3) is 5.10. The second kappa shape index (κ2) is 9.19. The van der Waals surface area contributed by atoms with Crippen molar-refractivity contribution in [1.82, 2.24) is 10.2 Å². The van der Waals surface area contributed by atoms with E-state index in [-0.39, 0.29) is 11.7 Å². The van der Waals surface area contributed by atoms with Crippen molar-refractivity contribution in [3.8, 4) is 11.5 Å². The van der Waals surface area contributed by atoms with Crippen molar-refractivity contribution in [3.63, 3.8) is 0 Å². The molecule has 0 fully saturated rings. The number of rotatable bonds is 5. The molecule has 0 aliphatic rings. The van der Waals surface area contributed by atoms with Crippen molar-refractivity contribution in [1.29, 1.82) is 0 Å². The third-order valence-electron chi connectivity index (χ3n) is 3.38. The Kier molecular flexibility index (Phi) is 7.18. The first-order chi connectivity index (χ1) is 12.4. The summed E-state index contributed by atoms with van der Waals surface area (Å²) in [7, 11) is 0. The second-order valence-electron chi connectivity index (χ2n) is 5.27. The van der Waals surface area contributed by atoms with Crippen LogP contribution in [-0.2, 0) is 4.79 Å². The van der Waals surface area contributed by atoms with E-state index in [4.69, 9.17) is 4.42 Å². The molecule has 5 nitrogen and oxygen atoms in total. The molecule has 0 saturated heterocycles. The molecule has 9 heteroatoms. The highest BCUT2D eigenvalue weighted by Crippen LogP contribution is 2.28. The Morgan fingerprint density at radius 1 is 1.15 bits per heavy atom. The molecule has 26 heavy (non-hydrogen) atoms. The molecule has 3 rings (SSSR count). The van der Waals surface area contributed by atoms with Crippen molar-refractivity contribution < 1.29 is 9.21 Å². The highest BCUT2D eigenvalue weighted by Gasteiger charge is 2.14. The van der Waals surface area contributed by atoms with Gasteiger partial charge in [0.1, 0.15) is 0 Å². The molecule has 1 aromatic heterocycles. The number of amides is 1. The second-order valence-corrected chi connectivity index (χ2v) is 9.77. The van der Waals surface area contributed by atoms with E-state index in [2.05, 4.69) is 83.3 Å². The summed E-state index contributed by atoms with van der Waals surface area (Å²) >= 11 is 7.94. The van der Waals surface area contributed by atoms with Gasteiger partial charge in [-0.3, -0.25) is 4.79 Å². The van der Waals surface area contributed by atoms with Gasteiger partial charge < -0.3 is 9.73 Å². The zero-order chi connectivity index (χ0) is 18.7. The van der Waals surface area contributed by atoms with E-state index in [0.29, 0.717) is 11.1 Å². The fourth-order valence-electron chi connectivity index (χ4n) is 2.15. The molecule has 0 aliphatic carbocycles. The minimum Gasteiger partial charge on any atom is -0.411 e. The Morgan fingerprint density at radius 2 is 1.85 bits per heavy atom. The molecular formula is C17H12I3N3O2S. The van der Waals surface area contributed by atoms with Gasteiger partial charge in [0.05, 0.1) is 11.4 Å². The van der Waals surface area contributed by atoms with Crippen molar-refractivity contribution in [3.05, 3.63) is 52.7 Å². The fourth-order valence-corrected chi connectivity index (χ4v) is 6.57. The van der Waals surface area contributed by atoms with Crippen LogP contribution in [0.1, 0.15) is 5.56 Å². The SMILES string of the molecule is Cc1ccccc1-c1nnc(SCC(=O)Nc2c(I)cc(I)cc2I)o1. The maximum absolute atomic E-state index is 12.3. The zero-order valence-corrected chi connectivity index (χ0v) is 20.7. The van der Waals surface area contributed by atoms with E-state index in [1.54, 1.807) is 0 Å². The van der Waals surface area contributed by atoms with E-state index in [1.807, 2.05) is 43.3 Å². The van der Waals surface area contributed by atoms with E-state index in [0.717, 1.165) is 27.5 Å². The lowest BCUT2D eigenvalue weighted by Gasteiger charge is -2.09. The number of hydrogen-bond acceptors (Lipinski definition) is 5. The van der Waals surface area contributed by atoms with E-state index in [1.165, 1.54) is 11.8 Å². The lowest BCUT2D eigenvalue weighted by Crippen LogP contribution is -2.16. The molecule has 0 radical (unpaired) electrons. The molecule has 1 N–H and O–H groups in total. The Labute approximate surface area is 195 Å². The predicted molar refractivity (Wildman–Crippen MR) is 128 cm³/mol. The molecule has 1 heterocycles. The number of thioether (sulfide) groups is 1. The van der Waals surface area contributed by atoms with Gasteiger partial charge in [0.2, 0.25) is 11.8 Å². The molecule has 0 bridgehead atoms. The van der Waals surface area contributed by atoms with Crippen LogP contribution in [0.3, 0.4) is 0 Å². The maximum atomic E-state index is 12.3. The Bertz CT molecular complexity index is 939. The van der Waals surface area contributed by atoms with Crippen LogP contribution in [0.25, 0.3) is 11.5 Å². The number of anilines is 1. The van der Waals surface area contributed by atoms with Crippen LogP contribution in [-0.4, -0.2) is 21.9 Å². The van der Waals surface area contributed by atoms with Crippen molar-refractivity contribution >= 4 is 91.1 Å².